The van der Waals surface area contributed by atoms with E-state index < -0.39 is 0 Å². The number of carbonyl (C=O) groups is 1. The number of halogens is 1. The van der Waals surface area contributed by atoms with Crippen LogP contribution in [0.5, 0.6) is 0 Å². The number of amides is 1. The van der Waals surface area contributed by atoms with Crippen LogP contribution in [0, 0.1) is 5.92 Å². The fourth-order valence-electron chi connectivity index (χ4n) is 2.01. The van der Waals surface area contributed by atoms with E-state index in [2.05, 4.69) is 29.5 Å². The molecule has 0 aliphatic carbocycles. The van der Waals surface area contributed by atoms with Gasteiger partial charge in [0.25, 0.3) is 5.91 Å². The number of aryl methyl sites for hydroxylation is 1. The zero-order valence-corrected chi connectivity index (χ0v) is 14.3. The largest absolute Gasteiger partial charge is 0.349 e. The van der Waals surface area contributed by atoms with Gasteiger partial charge in [0, 0.05) is 19.1 Å². The summed E-state index contributed by atoms with van der Waals surface area (Å²) in [7, 11) is 0. The molecule has 1 amide bonds. The predicted octanol–water partition coefficient (Wildman–Crippen LogP) is 2.18. The smallest absolute Gasteiger partial charge is 0.273 e. The normalized spacial score (nSPS) is 11.8. The Morgan fingerprint density at radius 2 is 2.00 bits per heavy atom. The van der Waals surface area contributed by atoms with Crippen molar-refractivity contribution in [1.82, 2.24) is 20.3 Å². The van der Waals surface area contributed by atoms with E-state index in [9.17, 15) is 4.79 Å². The molecule has 0 aliphatic heterocycles. The summed E-state index contributed by atoms with van der Waals surface area (Å²) in [6.07, 6.45) is 2.68. The Morgan fingerprint density at radius 3 is 2.65 bits per heavy atom. The summed E-state index contributed by atoms with van der Waals surface area (Å²) >= 11 is 0. The lowest BCUT2D eigenvalue weighted by atomic mass is 10.1. The van der Waals surface area contributed by atoms with E-state index in [1.54, 1.807) is 10.9 Å². The first kappa shape index (κ1) is 19.1. The van der Waals surface area contributed by atoms with Crippen molar-refractivity contribution in [2.45, 2.75) is 32.9 Å². The van der Waals surface area contributed by atoms with Crippen molar-refractivity contribution in [1.29, 1.82) is 0 Å². The Labute approximate surface area is 142 Å². The molecule has 0 saturated carbocycles. The molecule has 1 unspecified atom stereocenters. The van der Waals surface area contributed by atoms with Crippen LogP contribution in [-0.2, 0) is 6.54 Å². The van der Waals surface area contributed by atoms with E-state index in [-0.39, 0.29) is 24.4 Å². The molecule has 2 aromatic rings. The number of nitrogens with two attached hydrogens (primary N) is 1. The first-order chi connectivity index (χ1) is 10.6. The second kappa shape index (κ2) is 9.27. The van der Waals surface area contributed by atoms with Gasteiger partial charge in [-0.15, -0.1) is 17.5 Å². The van der Waals surface area contributed by atoms with Crippen molar-refractivity contribution in [2.24, 2.45) is 11.7 Å². The average Bonchev–Trinajstić information content (AvgIpc) is 3.00. The third-order valence-corrected chi connectivity index (χ3v) is 3.42. The molecule has 23 heavy (non-hydrogen) atoms. The molecule has 0 fully saturated rings. The van der Waals surface area contributed by atoms with Crippen molar-refractivity contribution in [3.05, 3.63) is 47.8 Å². The van der Waals surface area contributed by atoms with Crippen molar-refractivity contribution in [3.8, 4) is 0 Å². The summed E-state index contributed by atoms with van der Waals surface area (Å²) in [4.78, 5) is 12.0. The summed E-state index contributed by atoms with van der Waals surface area (Å²) in [6.45, 7) is 5.42. The van der Waals surface area contributed by atoms with E-state index in [1.165, 1.54) is 0 Å². The molecule has 126 valence electrons. The van der Waals surface area contributed by atoms with Gasteiger partial charge in [0.1, 0.15) is 0 Å². The lowest BCUT2D eigenvalue weighted by Crippen LogP contribution is -2.32. The van der Waals surface area contributed by atoms with E-state index in [4.69, 9.17) is 5.73 Å². The highest BCUT2D eigenvalue weighted by molar-refractivity contribution is 5.91. The third-order valence-electron chi connectivity index (χ3n) is 3.42. The average molecular weight is 338 g/mol. The van der Waals surface area contributed by atoms with Gasteiger partial charge in [0.2, 0.25) is 0 Å². The van der Waals surface area contributed by atoms with Gasteiger partial charge in [-0.25, -0.2) is 0 Å². The summed E-state index contributed by atoms with van der Waals surface area (Å²) in [6, 6.07) is 9.44. The Morgan fingerprint density at radius 1 is 1.30 bits per heavy atom. The maximum atomic E-state index is 12.0. The van der Waals surface area contributed by atoms with Crippen LogP contribution < -0.4 is 11.1 Å². The van der Waals surface area contributed by atoms with E-state index >= 15 is 0 Å². The molecule has 0 bridgehead atoms. The number of nitrogens with zero attached hydrogens (tertiary/aromatic N) is 3. The Kier molecular flexibility index (Phi) is 7.71. The molecule has 0 radical (unpaired) electrons. The maximum Gasteiger partial charge on any atom is 0.273 e. The second-order valence-corrected chi connectivity index (χ2v) is 5.78. The first-order valence-electron chi connectivity index (χ1n) is 7.55. The van der Waals surface area contributed by atoms with Gasteiger partial charge < -0.3 is 11.1 Å². The van der Waals surface area contributed by atoms with E-state index in [0.717, 1.165) is 18.5 Å². The minimum atomic E-state index is -0.248. The van der Waals surface area contributed by atoms with Crippen molar-refractivity contribution >= 4 is 18.3 Å². The minimum absolute atomic E-state index is 0. The summed E-state index contributed by atoms with van der Waals surface area (Å²) in [5, 5.41) is 10.7. The molecular formula is C16H24ClN5O. The van der Waals surface area contributed by atoms with Crippen LogP contribution in [0.2, 0.25) is 0 Å². The Hall–Kier alpha value is -1.92. The molecule has 1 atom stereocenters. The molecule has 7 heteroatoms. The zero-order valence-electron chi connectivity index (χ0n) is 13.5. The fraction of sp³-hybridized carbons (Fsp3) is 0.438. The molecule has 3 N–H and O–H groups in total. The van der Waals surface area contributed by atoms with Crippen LogP contribution in [0.4, 0.5) is 0 Å². The Bertz CT molecular complexity index is 600. The van der Waals surface area contributed by atoms with Gasteiger partial charge in [-0.05, 0) is 17.9 Å². The molecule has 0 spiro atoms. The van der Waals surface area contributed by atoms with Crippen LogP contribution in [0.25, 0.3) is 0 Å². The number of nitrogens with one attached hydrogen (secondary N) is 1. The summed E-state index contributed by atoms with van der Waals surface area (Å²) in [5.41, 5.74) is 7.36. The quantitative estimate of drug-likeness (QED) is 0.810. The summed E-state index contributed by atoms with van der Waals surface area (Å²) < 4.78 is 1.70. The first-order valence-corrected chi connectivity index (χ1v) is 7.55. The lowest BCUT2D eigenvalue weighted by molar-refractivity contribution is 0.0946. The third kappa shape index (κ3) is 6.00. The molecule has 2 rings (SSSR count). The molecule has 0 aliphatic rings. The number of hydrogen-bond donors (Lipinski definition) is 2. The molecule has 0 saturated heterocycles. The maximum absolute atomic E-state index is 12.0. The highest BCUT2D eigenvalue weighted by Gasteiger charge is 2.13. The highest BCUT2D eigenvalue weighted by Crippen LogP contribution is 2.08. The van der Waals surface area contributed by atoms with Crippen LogP contribution >= 0.6 is 12.4 Å². The lowest BCUT2D eigenvalue weighted by Gasteiger charge is -2.12. The van der Waals surface area contributed by atoms with Gasteiger partial charge in [-0.3, -0.25) is 9.48 Å². The van der Waals surface area contributed by atoms with Gasteiger partial charge in [-0.1, -0.05) is 49.4 Å². The second-order valence-electron chi connectivity index (χ2n) is 5.78. The molecular weight excluding hydrogens is 314 g/mol. The molecule has 1 aromatic carbocycles. The number of rotatable bonds is 7. The number of benzene rings is 1. The number of carbonyl (C=O) groups excluding carboxylic acids is 1. The SMILES string of the molecule is CC(C)CCn1cc(C(=O)NCC(N)c2ccccc2)nn1.Cl. The number of hydrogen-bond acceptors (Lipinski definition) is 4. The van der Waals surface area contributed by atoms with Gasteiger partial charge in [0.05, 0.1) is 6.20 Å². The van der Waals surface area contributed by atoms with Crippen molar-refractivity contribution in [2.75, 3.05) is 6.54 Å². The molecule has 1 heterocycles. The monoisotopic (exact) mass is 337 g/mol. The van der Waals surface area contributed by atoms with Crippen molar-refractivity contribution < 1.29 is 4.79 Å². The van der Waals surface area contributed by atoms with Crippen LogP contribution in [0.3, 0.4) is 0 Å². The number of aromatic nitrogens is 3. The highest BCUT2D eigenvalue weighted by atomic mass is 35.5. The topological polar surface area (TPSA) is 85.8 Å². The van der Waals surface area contributed by atoms with Crippen molar-refractivity contribution in [3.63, 3.8) is 0 Å². The minimum Gasteiger partial charge on any atom is -0.349 e. The van der Waals surface area contributed by atoms with Crippen LogP contribution in [-0.4, -0.2) is 27.4 Å². The molecule has 1 aromatic heterocycles. The zero-order chi connectivity index (χ0) is 15.9. The van der Waals surface area contributed by atoms with Gasteiger partial charge >= 0.3 is 0 Å². The van der Waals surface area contributed by atoms with Crippen LogP contribution in [0.1, 0.15) is 42.4 Å². The standard InChI is InChI=1S/C16H23N5O.ClH/c1-12(2)8-9-21-11-15(19-20-21)16(22)18-10-14(17)13-6-4-3-5-7-13;/h3-7,11-12,14H,8-10,17H2,1-2H3,(H,18,22);1H. The molecule has 6 nitrogen and oxygen atoms in total. The van der Waals surface area contributed by atoms with Gasteiger partial charge in [0.15, 0.2) is 5.69 Å². The van der Waals surface area contributed by atoms with E-state index in [1.807, 2.05) is 30.3 Å². The fourth-order valence-corrected chi connectivity index (χ4v) is 2.01. The summed E-state index contributed by atoms with van der Waals surface area (Å²) in [5.74, 6) is 0.340. The van der Waals surface area contributed by atoms with Crippen LogP contribution in [0.15, 0.2) is 36.5 Å². The Balaban J connectivity index is 0.00000264. The van der Waals surface area contributed by atoms with E-state index in [0.29, 0.717) is 18.2 Å². The predicted molar refractivity (Wildman–Crippen MR) is 92.4 cm³/mol. The van der Waals surface area contributed by atoms with Gasteiger partial charge in [-0.2, -0.15) is 0 Å².